The highest BCUT2D eigenvalue weighted by atomic mass is 16.6. The standard InChI is InChI=1S/C19H13N5O/c1-12-9-19-20-16(13-5-3-2-4-6-13)11-18(24(19)21-12)14-7-8-15-17(10-14)23-25-22-15/h2-11H,1H3. The molecule has 0 aliphatic carbocycles. The minimum Gasteiger partial charge on any atom is -0.243 e. The van der Waals surface area contributed by atoms with Crippen LogP contribution in [0.1, 0.15) is 5.69 Å². The third kappa shape index (κ3) is 2.27. The molecule has 2 aromatic carbocycles. The van der Waals surface area contributed by atoms with E-state index in [1.165, 1.54) is 0 Å². The fraction of sp³-hybridized carbons (Fsp3) is 0.0526. The summed E-state index contributed by atoms with van der Waals surface area (Å²) in [7, 11) is 0. The summed E-state index contributed by atoms with van der Waals surface area (Å²) in [5.74, 6) is 0. The first-order valence-corrected chi connectivity index (χ1v) is 7.93. The summed E-state index contributed by atoms with van der Waals surface area (Å²) in [6, 6.07) is 20.0. The number of benzene rings is 2. The Kier molecular flexibility index (Phi) is 2.90. The molecule has 120 valence electrons. The Bertz CT molecular complexity index is 1210. The normalized spacial score (nSPS) is 11.4. The average Bonchev–Trinajstić information content (AvgIpc) is 3.26. The Morgan fingerprint density at radius 1 is 0.840 bits per heavy atom. The second-order valence-electron chi connectivity index (χ2n) is 5.92. The van der Waals surface area contributed by atoms with Gasteiger partial charge in [-0.05, 0) is 35.4 Å². The lowest BCUT2D eigenvalue weighted by atomic mass is 10.1. The zero-order chi connectivity index (χ0) is 16.8. The van der Waals surface area contributed by atoms with Crippen molar-refractivity contribution in [1.82, 2.24) is 24.9 Å². The number of aryl methyl sites for hydroxylation is 1. The highest BCUT2D eigenvalue weighted by molar-refractivity contribution is 5.81. The molecule has 25 heavy (non-hydrogen) atoms. The van der Waals surface area contributed by atoms with Crippen molar-refractivity contribution in [3.05, 3.63) is 66.4 Å². The van der Waals surface area contributed by atoms with E-state index >= 15 is 0 Å². The molecule has 0 atom stereocenters. The molecule has 5 aromatic rings. The third-order valence-electron chi connectivity index (χ3n) is 4.17. The summed E-state index contributed by atoms with van der Waals surface area (Å²) in [4.78, 5) is 4.76. The van der Waals surface area contributed by atoms with Crippen LogP contribution >= 0.6 is 0 Å². The Labute approximate surface area is 142 Å². The lowest BCUT2D eigenvalue weighted by Crippen LogP contribution is -1.98. The molecule has 3 heterocycles. The molecule has 0 saturated heterocycles. The molecule has 0 aliphatic rings. The van der Waals surface area contributed by atoms with Gasteiger partial charge in [0.25, 0.3) is 0 Å². The van der Waals surface area contributed by atoms with E-state index in [9.17, 15) is 0 Å². The molecule has 0 aliphatic heterocycles. The molecule has 0 spiro atoms. The van der Waals surface area contributed by atoms with Gasteiger partial charge < -0.3 is 0 Å². The quantitative estimate of drug-likeness (QED) is 0.492. The van der Waals surface area contributed by atoms with E-state index in [1.54, 1.807) is 0 Å². The second kappa shape index (κ2) is 5.24. The molecule has 0 saturated carbocycles. The number of hydrogen-bond donors (Lipinski definition) is 0. The van der Waals surface area contributed by atoms with Crippen LogP contribution < -0.4 is 0 Å². The first-order valence-electron chi connectivity index (χ1n) is 7.93. The van der Waals surface area contributed by atoms with Crippen molar-refractivity contribution >= 4 is 16.7 Å². The molecule has 0 bridgehead atoms. The number of aromatic nitrogens is 5. The molecule has 0 amide bonds. The van der Waals surface area contributed by atoms with E-state index in [4.69, 9.17) is 9.61 Å². The van der Waals surface area contributed by atoms with Gasteiger partial charge in [0, 0.05) is 17.2 Å². The van der Waals surface area contributed by atoms with E-state index in [-0.39, 0.29) is 0 Å². The van der Waals surface area contributed by atoms with Gasteiger partial charge in [0.05, 0.1) is 17.1 Å². The molecule has 0 fully saturated rings. The summed E-state index contributed by atoms with van der Waals surface area (Å²) in [6.45, 7) is 1.96. The van der Waals surface area contributed by atoms with Crippen LogP contribution in [-0.2, 0) is 0 Å². The van der Waals surface area contributed by atoms with Crippen LogP contribution in [0.25, 0.3) is 39.2 Å². The average molecular weight is 327 g/mol. The highest BCUT2D eigenvalue weighted by Crippen LogP contribution is 2.28. The van der Waals surface area contributed by atoms with Gasteiger partial charge in [-0.15, -0.1) is 0 Å². The van der Waals surface area contributed by atoms with Gasteiger partial charge in [0.1, 0.15) is 11.0 Å². The fourth-order valence-corrected chi connectivity index (χ4v) is 2.99. The topological polar surface area (TPSA) is 69.1 Å². The van der Waals surface area contributed by atoms with Crippen LogP contribution in [0.3, 0.4) is 0 Å². The molecular formula is C19H13N5O. The molecule has 5 rings (SSSR count). The fourth-order valence-electron chi connectivity index (χ4n) is 2.99. The van der Waals surface area contributed by atoms with Gasteiger partial charge >= 0.3 is 0 Å². The number of hydrogen-bond acceptors (Lipinski definition) is 5. The van der Waals surface area contributed by atoms with Gasteiger partial charge in [-0.3, -0.25) is 0 Å². The first-order chi connectivity index (χ1) is 12.3. The SMILES string of the molecule is Cc1cc2nc(-c3ccccc3)cc(-c3ccc4nonc4c3)n2n1. The molecule has 6 heteroatoms. The summed E-state index contributed by atoms with van der Waals surface area (Å²) in [6.07, 6.45) is 0. The van der Waals surface area contributed by atoms with Crippen molar-refractivity contribution in [3.63, 3.8) is 0 Å². The van der Waals surface area contributed by atoms with Crippen LogP contribution in [-0.4, -0.2) is 24.9 Å². The van der Waals surface area contributed by atoms with Gasteiger partial charge in [0.2, 0.25) is 0 Å². The lowest BCUT2D eigenvalue weighted by Gasteiger charge is -2.08. The zero-order valence-corrected chi connectivity index (χ0v) is 13.4. The van der Waals surface area contributed by atoms with Crippen LogP contribution in [0.15, 0.2) is 65.3 Å². The Hall–Kier alpha value is -3.54. The first kappa shape index (κ1) is 13.9. The predicted molar refractivity (Wildman–Crippen MR) is 94.0 cm³/mol. The number of fused-ring (bicyclic) bond motifs is 2. The molecule has 0 unspecified atom stereocenters. The molecular weight excluding hydrogens is 314 g/mol. The Balaban J connectivity index is 1.80. The van der Waals surface area contributed by atoms with Crippen LogP contribution in [0.5, 0.6) is 0 Å². The third-order valence-corrected chi connectivity index (χ3v) is 4.17. The van der Waals surface area contributed by atoms with Gasteiger partial charge in [-0.1, -0.05) is 36.4 Å². The summed E-state index contributed by atoms with van der Waals surface area (Å²) < 4.78 is 6.66. The molecule has 3 aromatic heterocycles. The van der Waals surface area contributed by atoms with Gasteiger partial charge in [-0.25, -0.2) is 14.1 Å². The van der Waals surface area contributed by atoms with E-state index in [1.807, 2.05) is 60.0 Å². The van der Waals surface area contributed by atoms with Gasteiger partial charge in [-0.2, -0.15) is 5.10 Å². The van der Waals surface area contributed by atoms with Crippen molar-refractivity contribution in [1.29, 1.82) is 0 Å². The van der Waals surface area contributed by atoms with Crippen molar-refractivity contribution in [2.75, 3.05) is 0 Å². The monoisotopic (exact) mass is 327 g/mol. The maximum atomic E-state index is 4.81. The minimum atomic E-state index is 0.715. The van der Waals surface area contributed by atoms with E-state index in [2.05, 4.69) is 27.5 Å². The second-order valence-corrected chi connectivity index (χ2v) is 5.92. The molecule has 6 nitrogen and oxygen atoms in total. The van der Waals surface area contributed by atoms with Crippen molar-refractivity contribution in [3.8, 4) is 22.5 Å². The van der Waals surface area contributed by atoms with Crippen molar-refractivity contribution in [2.45, 2.75) is 6.92 Å². The Morgan fingerprint density at radius 3 is 2.56 bits per heavy atom. The maximum absolute atomic E-state index is 4.81. The summed E-state index contributed by atoms with van der Waals surface area (Å²) in [5.41, 5.74) is 7.07. The maximum Gasteiger partial charge on any atom is 0.156 e. The highest BCUT2D eigenvalue weighted by Gasteiger charge is 2.13. The van der Waals surface area contributed by atoms with E-state index < -0.39 is 0 Å². The number of nitrogens with zero attached hydrogens (tertiary/aromatic N) is 5. The Morgan fingerprint density at radius 2 is 1.68 bits per heavy atom. The van der Waals surface area contributed by atoms with Crippen LogP contribution in [0.2, 0.25) is 0 Å². The summed E-state index contributed by atoms with van der Waals surface area (Å²) in [5, 5.41) is 12.4. The predicted octanol–water partition coefficient (Wildman–Crippen LogP) is 3.91. The summed E-state index contributed by atoms with van der Waals surface area (Å²) >= 11 is 0. The van der Waals surface area contributed by atoms with E-state index in [0.29, 0.717) is 5.52 Å². The lowest BCUT2D eigenvalue weighted by molar-refractivity contribution is 0.315. The van der Waals surface area contributed by atoms with Crippen molar-refractivity contribution < 1.29 is 4.63 Å². The molecule has 0 radical (unpaired) electrons. The van der Waals surface area contributed by atoms with Crippen LogP contribution in [0.4, 0.5) is 0 Å². The van der Waals surface area contributed by atoms with Gasteiger partial charge in [0.15, 0.2) is 5.65 Å². The molecule has 0 N–H and O–H groups in total. The zero-order valence-electron chi connectivity index (χ0n) is 13.4. The smallest absolute Gasteiger partial charge is 0.156 e. The largest absolute Gasteiger partial charge is 0.243 e. The number of rotatable bonds is 2. The minimum absolute atomic E-state index is 0.715. The van der Waals surface area contributed by atoms with Crippen LogP contribution in [0, 0.1) is 6.92 Å². The van der Waals surface area contributed by atoms with E-state index in [0.717, 1.165) is 39.4 Å². The van der Waals surface area contributed by atoms with Crippen molar-refractivity contribution in [2.24, 2.45) is 0 Å².